The highest BCUT2D eigenvalue weighted by Crippen LogP contribution is 2.34. The Kier molecular flexibility index (Phi) is 4.54. The normalized spacial score (nSPS) is 12.4. The lowest BCUT2D eigenvalue weighted by atomic mass is 10.1. The number of benzene rings is 2. The Bertz CT molecular complexity index is 1100. The van der Waals surface area contributed by atoms with E-state index in [0.717, 1.165) is 35.2 Å². The zero-order valence-corrected chi connectivity index (χ0v) is 14.4. The molecule has 0 atom stereocenters. The van der Waals surface area contributed by atoms with Gasteiger partial charge in [-0.3, -0.25) is 0 Å². The second kappa shape index (κ2) is 6.45. The molecule has 0 unspecified atom stereocenters. The van der Waals surface area contributed by atoms with Crippen LogP contribution < -0.4 is 0 Å². The van der Waals surface area contributed by atoms with Crippen LogP contribution in [0, 0.1) is 11.6 Å². The largest absolute Gasteiger partial charge is 0.435 e. The van der Waals surface area contributed by atoms with E-state index in [1.165, 1.54) is 18.2 Å². The Morgan fingerprint density at radius 1 is 0.963 bits per heavy atom. The molecule has 1 aromatic heterocycles. The van der Waals surface area contributed by atoms with Gasteiger partial charge in [0.25, 0.3) is 0 Å². The summed E-state index contributed by atoms with van der Waals surface area (Å²) in [7, 11) is -3.84. The third-order valence-corrected chi connectivity index (χ3v) is 4.83. The third-order valence-electron chi connectivity index (χ3n) is 3.70. The van der Waals surface area contributed by atoms with Crippen LogP contribution in [0.15, 0.2) is 53.4 Å². The standard InChI is InChI=1S/C17H11F5N2O2S/c1-27(25,26)15-7-2-10(8-13(15)19)14-9-16(17(20,21)22)23-24(14)12-5-3-11(18)4-6-12/h2-9H,1H3. The van der Waals surface area contributed by atoms with Crippen LogP contribution in [0.5, 0.6) is 0 Å². The Morgan fingerprint density at radius 2 is 1.59 bits per heavy atom. The summed E-state index contributed by atoms with van der Waals surface area (Å²) in [6, 6.07) is 8.18. The first-order chi connectivity index (χ1) is 12.5. The first-order valence-corrected chi connectivity index (χ1v) is 9.29. The van der Waals surface area contributed by atoms with Crippen molar-refractivity contribution in [2.75, 3.05) is 6.26 Å². The fourth-order valence-corrected chi connectivity index (χ4v) is 3.19. The van der Waals surface area contributed by atoms with Gasteiger partial charge in [-0.1, -0.05) is 6.07 Å². The molecule has 10 heteroatoms. The van der Waals surface area contributed by atoms with Gasteiger partial charge in [-0.2, -0.15) is 18.3 Å². The maximum atomic E-state index is 14.2. The molecule has 3 aromatic rings. The molecule has 1 heterocycles. The summed E-state index contributed by atoms with van der Waals surface area (Å²) >= 11 is 0. The fourth-order valence-electron chi connectivity index (χ4n) is 2.47. The smallest absolute Gasteiger partial charge is 0.233 e. The molecule has 0 radical (unpaired) electrons. The highest BCUT2D eigenvalue weighted by Gasteiger charge is 2.35. The van der Waals surface area contributed by atoms with Crippen molar-refractivity contribution in [2.45, 2.75) is 11.1 Å². The van der Waals surface area contributed by atoms with Crippen LogP contribution in [0.4, 0.5) is 22.0 Å². The summed E-state index contributed by atoms with van der Waals surface area (Å²) in [6.45, 7) is 0. The molecule has 0 aliphatic rings. The third kappa shape index (κ3) is 3.85. The van der Waals surface area contributed by atoms with Gasteiger partial charge >= 0.3 is 6.18 Å². The second-order valence-electron chi connectivity index (χ2n) is 5.72. The lowest BCUT2D eigenvalue weighted by Gasteiger charge is -2.09. The van der Waals surface area contributed by atoms with Crippen molar-refractivity contribution in [1.29, 1.82) is 0 Å². The van der Waals surface area contributed by atoms with Gasteiger partial charge in [-0.15, -0.1) is 0 Å². The van der Waals surface area contributed by atoms with Crippen LogP contribution in [0.3, 0.4) is 0 Å². The van der Waals surface area contributed by atoms with Gasteiger partial charge in [-0.05, 0) is 42.5 Å². The van der Waals surface area contributed by atoms with Crippen LogP contribution >= 0.6 is 0 Å². The van der Waals surface area contributed by atoms with E-state index < -0.39 is 38.2 Å². The van der Waals surface area contributed by atoms with Crippen molar-refractivity contribution >= 4 is 9.84 Å². The zero-order valence-electron chi connectivity index (χ0n) is 13.6. The number of halogens is 5. The molecule has 0 N–H and O–H groups in total. The first kappa shape index (κ1) is 19.0. The molecule has 4 nitrogen and oxygen atoms in total. The van der Waals surface area contributed by atoms with E-state index in [1.807, 2.05) is 0 Å². The minimum Gasteiger partial charge on any atom is -0.233 e. The fraction of sp³-hybridized carbons (Fsp3) is 0.118. The van der Waals surface area contributed by atoms with Crippen molar-refractivity contribution in [1.82, 2.24) is 9.78 Å². The van der Waals surface area contributed by atoms with Crippen molar-refractivity contribution in [3.8, 4) is 16.9 Å². The lowest BCUT2D eigenvalue weighted by Crippen LogP contribution is -2.07. The zero-order chi connectivity index (χ0) is 20.0. The van der Waals surface area contributed by atoms with Crippen LogP contribution in [0.1, 0.15) is 5.69 Å². The van der Waals surface area contributed by atoms with E-state index in [9.17, 15) is 30.4 Å². The van der Waals surface area contributed by atoms with E-state index in [-0.39, 0.29) is 16.9 Å². The van der Waals surface area contributed by atoms with E-state index >= 15 is 0 Å². The highest BCUT2D eigenvalue weighted by molar-refractivity contribution is 7.90. The number of hydrogen-bond acceptors (Lipinski definition) is 3. The molecule has 0 aliphatic heterocycles. The van der Waals surface area contributed by atoms with Gasteiger partial charge in [0.15, 0.2) is 15.5 Å². The van der Waals surface area contributed by atoms with Gasteiger partial charge in [-0.25, -0.2) is 21.9 Å². The molecule has 3 rings (SSSR count). The van der Waals surface area contributed by atoms with Crippen LogP contribution in [-0.2, 0) is 16.0 Å². The van der Waals surface area contributed by atoms with Gasteiger partial charge < -0.3 is 0 Å². The summed E-state index contributed by atoms with van der Waals surface area (Å²) in [4.78, 5) is -0.574. The molecule has 142 valence electrons. The summed E-state index contributed by atoms with van der Waals surface area (Å²) in [6.07, 6.45) is -3.94. The van der Waals surface area contributed by atoms with Crippen molar-refractivity contribution in [3.63, 3.8) is 0 Å². The van der Waals surface area contributed by atoms with Crippen molar-refractivity contribution in [3.05, 3.63) is 65.9 Å². The average molecular weight is 402 g/mol. The van der Waals surface area contributed by atoms with Gasteiger partial charge in [0.1, 0.15) is 16.5 Å². The van der Waals surface area contributed by atoms with E-state index in [1.54, 1.807) is 0 Å². The molecule has 0 fully saturated rings. The maximum absolute atomic E-state index is 14.2. The second-order valence-corrected chi connectivity index (χ2v) is 7.70. The van der Waals surface area contributed by atoms with Gasteiger partial charge in [0, 0.05) is 11.8 Å². The lowest BCUT2D eigenvalue weighted by molar-refractivity contribution is -0.141. The molecule has 0 saturated carbocycles. The number of nitrogens with zero attached hydrogens (tertiary/aromatic N) is 2. The number of alkyl halides is 3. The molecule has 0 spiro atoms. The van der Waals surface area contributed by atoms with E-state index in [0.29, 0.717) is 6.07 Å². The molecule has 2 aromatic carbocycles. The molecule has 0 aliphatic carbocycles. The highest BCUT2D eigenvalue weighted by atomic mass is 32.2. The predicted molar refractivity (Wildman–Crippen MR) is 87.0 cm³/mol. The molecule has 0 saturated heterocycles. The molecular weight excluding hydrogens is 391 g/mol. The average Bonchev–Trinajstić information content (AvgIpc) is 2.99. The Labute approximate surface area is 150 Å². The number of aromatic nitrogens is 2. The maximum Gasteiger partial charge on any atom is 0.435 e. The molecule has 0 amide bonds. The van der Waals surface area contributed by atoms with Crippen LogP contribution in [0.25, 0.3) is 16.9 Å². The minimum absolute atomic E-state index is 0.0211. The van der Waals surface area contributed by atoms with Crippen LogP contribution in [-0.4, -0.2) is 24.5 Å². The Morgan fingerprint density at radius 3 is 2.11 bits per heavy atom. The summed E-state index contributed by atoms with van der Waals surface area (Å²) < 4.78 is 90.5. The summed E-state index contributed by atoms with van der Waals surface area (Å²) in [5.74, 6) is -1.69. The molecule has 27 heavy (non-hydrogen) atoms. The summed E-state index contributed by atoms with van der Waals surface area (Å²) in [5, 5.41) is 3.49. The quantitative estimate of drug-likeness (QED) is 0.616. The predicted octanol–water partition coefficient (Wildman–Crippen LogP) is 4.24. The van der Waals surface area contributed by atoms with Crippen LogP contribution in [0.2, 0.25) is 0 Å². The molecular formula is C17H11F5N2O2S. The number of rotatable bonds is 3. The summed E-state index contributed by atoms with van der Waals surface area (Å²) in [5.41, 5.74) is -1.26. The topological polar surface area (TPSA) is 52.0 Å². The van der Waals surface area contributed by atoms with E-state index in [2.05, 4.69) is 5.10 Å². The monoisotopic (exact) mass is 402 g/mol. The minimum atomic E-state index is -4.76. The van der Waals surface area contributed by atoms with Crippen molar-refractivity contribution in [2.24, 2.45) is 0 Å². The van der Waals surface area contributed by atoms with Gasteiger partial charge in [0.2, 0.25) is 0 Å². The number of sulfone groups is 1. The molecule has 0 bridgehead atoms. The van der Waals surface area contributed by atoms with Crippen molar-refractivity contribution < 1.29 is 30.4 Å². The number of hydrogen-bond donors (Lipinski definition) is 0. The SMILES string of the molecule is CS(=O)(=O)c1ccc(-c2cc(C(F)(F)F)nn2-c2ccc(F)cc2)cc1F. The Hall–Kier alpha value is -2.75. The van der Waals surface area contributed by atoms with E-state index in [4.69, 9.17) is 0 Å². The Balaban J connectivity index is 2.21. The van der Waals surface area contributed by atoms with Gasteiger partial charge in [0.05, 0.1) is 11.4 Å². The first-order valence-electron chi connectivity index (χ1n) is 7.40.